The molecule has 0 spiro atoms. The van der Waals surface area contributed by atoms with Crippen molar-refractivity contribution in [2.75, 3.05) is 49.7 Å². The van der Waals surface area contributed by atoms with Crippen molar-refractivity contribution in [1.29, 1.82) is 5.26 Å². The summed E-state index contributed by atoms with van der Waals surface area (Å²) in [7, 11) is 0. The number of likely N-dealkylation sites (tertiary alicyclic amines) is 1. The molecule has 2 bridgehead atoms. The molecule has 4 N–H and O–H groups in total. The van der Waals surface area contributed by atoms with Gasteiger partial charge in [0.1, 0.15) is 75.7 Å². The molecule has 6 atom stereocenters. The molecule has 0 saturated carbocycles. The van der Waals surface area contributed by atoms with Crippen molar-refractivity contribution in [3.8, 4) is 51.3 Å². The van der Waals surface area contributed by atoms with Gasteiger partial charge in [-0.2, -0.15) is 15.2 Å². The van der Waals surface area contributed by atoms with Crippen LogP contribution in [0.4, 0.5) is 38.0 Å². The standard InChI is InChI=1S/C71H74ClF4N11O11S/c1-36(2)60(66(91)85-32-43(89)27-54(85)64(90)78-53(34-88)39-13-15-40(16-14-39)55-49(73)21-22-50(74)58(55)76)86-33-52(82-83-86)38-11-9-37(10-12-38)35-95-61-57(45-19-20-51(75)62-56(45)47(29-77)65(99-62)81-68(92)97-70(3,4)5)48(72)28-46-59(61)79-67(96-44-23-25-94-26-24-44)80-63(46)84-30-41-17-18-42(31-84)87(41)69(93)98-71(6,7)8/h9-16,19-22,28,33,36,41-44,53-54,60,88-89H,17-18,23-27,30-32,34-35H2,1-8H3,(H,78,90)(H,81,92)/t41?,42?,43-,53+,54+,60+/m1/s1. The van der Waals surface area contributed by atoms with Crippen LogP contribution in [0.15, 0.2) is 85.1 Å². The van der Waals surface area contributed by atoms with Crippen LogP contribution in [0.3, 0.4) is 0 Å². The summed E-state index contributed by atoms with van der Waals surface area (Å²) < 4.78 is 91.8. The number of amides is 4. The highest BCUT2D eigenvalue weighted by atomic mass is 35.5. The molecule has 4 aliphatic rings. The van der Waals surface area contributed by atoms with Gasteiger partial charge in [0.05, 0.1) is 71.1 Å². The molecule has 7 heterocycles. The molecule has 99 heavy (non-hydrogen) atoms. The topological polar surface area (TPSA) is 269 Å². The van der Waals surface area contributed by atoms with Crippen molar-refractivity contribution >= 4 is 78.7 Å². The lowest BCUT2D eigenvalue weighted by Crippen LogP contribution is -2.57. The Morgan fingerprint density at radius 1 is 0.838 bits per heavy atom. The summed E-state index contributed by atoms with van der Waals surface area (Å²) in [6.45, 7) is 14.9. The number of rotatable bonds is 17. The van der Waals surface area contributed by atoms with Gasteiger partial charge in [0.25, 0.3) is 0 Å². The van der Waals surface area contributed by atoms with Gasteiger partial charge in [-0.3, -0.25) is 19.8 Å². The van der Waals surface area contributed by atoms with Crippen molar-refractivity contribution in [1.82, 2.24) is 40.1 Å². The first-order valence-electron chi connectivity index (χ1n) is 32.6. The third kappa shape index (κ3) is 14.6. The Kier molecular flexibility index (Phi) is 19.9. The maximum atomic E-state index is 16.3. The van der Waals surface area contributed by atoms with E-state index in [1.165, 1.54) is 46.0 Å². The third-order valence-corrected chi connectivity index (χ3v) is 19.2. The average molecular weight is 1400 g/mol. The molecule has 4 aliphatic heterocycles. The number of ether oxygens (including phenoxy) is 5. The van der Waals surface area contributed by atoms with Gasteiger partial charge in [0.15, 0.2) is 17.4 Å². The fourth-order valence-corrected chi connectivity index (χ4v) is 14.6. The first-order valence-corrected chi connectivity index (χ1v) is 33.8. The summed E-state index contributed by atoms with van der Waals surface area (Å²) in [4.78, 5) is 71.2. The molecule has 4 saturated heterocycles. The first kappa shape index (κ1) is 69.7. The summed E-state index contributed by atoms with van der Waals surface area (Å²) in [6, 6.07) is 17.2. The number of hydrogen-bond acceptors (Lipinski definition) is 18. The van der Waals surface area contributed by atoms with Gasteiger partial charge in [-0.1, -0.05) is 85.3 Å². The summed E-state index contributed by atoms with van der Waals surface area (Å²) in [5.41, 5.74) is 0.513. The number of nitriles is 1. The molecule has 28 heteroatoms. The lowest BCUT2D eigenvalue weighted by Gasteiger charge is -2.42. The van der Waals surface area contributed by atoms with Crippen molar-refractivity contribution in [2.45, 2.75) is 148 Å². The Hall–Kier alpha value is -9.20. The number of benzene rings is 5. The van der Waals surface area contributed by atoms with E-state index in [4.69, 9.17) is 45.3 Å². The Morgan fingerprint density at radius 2 is 1.51 bits per heavy atom. The quantitative estimate of drug-likeness (QED) is 0.0487. The minimum atomic E-state index is -1.37. The molecular weight excluding hydrogens is 1330 g/mol. The van der Waals surface area contributed by atoms with E-state index in [0.29, 0.717) is 78.8 Å². The fourth-order valence-electron chi connectivity index (χ4n) is 13.3. The average Bonchev–Trinajstić information content (AvgIpc) is 1.72. The van der Waals surface area contributed by atoms with Gasteiger partial charge in [0, 0.05) is 60.8 Å². The zero-order chi connectivity index (χ0) is 70.5. The summed E-state index contributed by atoms with van der Waals surface area (Å²) >= 11 is 8.44. The number of piperazine rings is 1. The number of fused-ring (bicyclic) bond motifs is 4. The van der Waals surface area contributed by atoms with Crippen LogP contribution in [-0.2, 0) is 30.4 Å². The molecule has 520 valence electrons. The number of carbonyl (C=O) groups is 4. The van der Waals surface area contributed by atoms with Gasteiger partial charge >= 0.3 is 18.2 Å². The maximum Gasteiger partial charge on any atom is 0.412 e. The van der Waals surface area contributed by atoms with Crippen LogP contribution < -0.4 is 25.0 Å². The third-order valence-electron chi connectivity index (χ3n) is 17.8. The highest BCUT2D eigenvalue weighted by Crippen LogP contribution is 2.51. The van der Waals surface area contributed by atoms with Crippen LogP contribution in [0.5, 0.6) is 11.8 Å². The number of β-amino-alcohol motifs (C(OH)–C–C–N with tert-alkyl or cyclic N) is 1. The largest absolute Gasteiger partial charge is 0.486 e. The van der Waals surface area contributed by atoms with E-state index in [1.807, 2.05) is 25.7 Å². The minimum Gasteiger partial charge on any atom is -0.486 e. The van der Waals surface area contributed by atoms with Gasteiger partial charge in [-0.25, -0.2) is 31.8 Å². The van der Waals surface area contributed by atoms with Crippen LogP contribution in [-0.4, -0.2) is 150 Å². The smallest absolute Gasteiger partial charge is 0.412 e. The molecule has 4 amide bonds. The van der Waals surface area contributed by atoms with E-state index in [1.54, 1.807) is 71.1 Å². The normalized spacial score (nSPS) is 18.8. The Balaban J connectivity index is 0.854. The number of aliphatic hydroxyl groups is 2. The molecule has 8 aromatic rings. The van der Waals surface area contributed by atoms with Crippen LogP contribution in [0.1, 0.15) is 116 Å². The minimum absolute atomic E-state index is 0.0229. The first-order chi connectivity index (χ1) is 47.1. The van der Waals surface area contributed by atoms with Crippen LogP contribution in [0, 0.1) is 40.5 Å². The van der Waals surface area contributed by atoms with Gasteiger partial charge < -0.3 is 49.0 Å². The second kappa shape index (κ2) is 28.2. The second-order valence-corrected chi connectivity index (χ2v) is 28.9. The van der Waals surface area contributed by atoms with Crippen molar-refractivity contribution in [3.63, 3.8) is 0 Å². The van der Waals surface area contributed by atoms with Crippen molar-refractivity contribution < 1.29 is 70.6 Å². The van der Waals surface area contributed by atoms with Gasteiger partial charge in [0.2, 0.25) is 11.8 Å². The van der Waals surface area contributed by atoms with Crippen molar-refractivity contribution in [3.05, 3.63) is 130 Å². The highest BCUT2D eigenvalue weighted by Gasteiger charge is 2.47. The van der Waals surface area contributed by atoms with E-state index in [9.17, 15) is 47.8 Å². The van der Waals surface area contributed by atoms with E-state index >= 15 is 4.39 Å². The molecule has 12 rings (SSSR count). The van der Waals surface area contributed by atoms with E-state index in [-0.39, 0.29) is 97.4 Å². The molecule has 5 aromatic carbocycles. The molecular formula is C71H74ClF4N11O11S. The van der Waals surface area contributed by atoms with Crippen LogP contribution in [0.25, 0.3) is 54.5 Å². The number of carbonyl (C=O) groups excluding carboxylic acids is 4. The SMILES string of the molecule is CC(C)[C@@H](C(=O)N1C[C@H](O)C[C@H]1C(=O)N[C@@H](CO)c1ccc(-c2c(F)ccc(F)c2F)cc1)n1cc(-c2ccc(COc3c(-c4ccc(F)c5sc(NC(=O)OC(C)(C)C)c(C#N)c45)c(Cl)cc4c(N5CC6CCC(C5)N6C(=O)OC(C)(C)C)nc(OC5CCOCC5)nc34)cc2)nn1. The maximum absolute atomic E-state index is 16.3. The molecule has 0 radical (unpaired) electrons. The van der Waals surface area contributed by atoms with Crippen LogP contribution >= 0.6 is 22.9 Å². The number of anilines is 2. The van der Waals surface area contributed by atoms with E-state index < -0.39 is 101 Å². The Labute approximate surface area is 576 Å². The van der Waals surface area contributed by atoms with Crippen molar-refractivity contribution in [2.24, 2.45) is 5.92 Å². The van der Waals surface area contributed by atoms with E-state index in [0.717, 1.165) is 30.2 Å². The van der Waals surface area contributed by atoms with Gasteiger partial charge in [-0.15, -0.1) is 16.4 Å². The summed E-state index contributed by atoms with van der Waals surface area (Å²) in [5, 5.41) is 47.3. The number of aromatic nitrogens is 5. The molecule has 0 aliphatic carbocycles. The number of halogens is 5. The molecule has 22 nitrogen and oxygen atoms in total. The molecule has 3 aromatic heterocycles. The summed E-state index contributed by atoms with van der Waals surface area (Å²) in [5.74, 6) is -5.29. The Bertz CT molecular complexity index is 4450. The van der Waals surface area contributed by atoms with E-state index in [2.05, 4.69) is 31.9 Å². The zero-order valence-corrected chi connectivity index (χ0v) is 57.2. The fraction of sp³-hybridized carbons (Fsp3) is 0.423. The zero-order valence-electron chi connectivity index (χ0n) is 55.6. The lowest BCUT2D eigenvalue weighted by atomic mass is 9.96. The number of nitrogens with one attached hydrogen (secondary N) is 2. The predicted octanol–water partition coefficient (Wildman–Crippen LogP) is 12.6. The predicted molar refractivity (Wildman–Crippen MR) is 361 cm³/mol. The Morgan fingerprint density at radius 3 is 2.16 bits per heavy atom. The summed E-state index contributed by atoms with van der Waals surface area (Å²) in [6.07, 6.45) is 1.41. The number of nitrogens with zero attached hydrogens (tertiary/aromatic N) is 9. The lowest BCUT2D eigenvalue weighted by molar-refractivity contribution is -0.142. The molecule has 4 fully saturated rings. The number of thiophene rings is 1. The molecule has 2 unspecified atom stereocenters. The number of aliphatic hydroxyl groups excluding tert-OH is 2. The van der Waals surface area contributed by atoms with Crippen LogP contribution in [0.2, 0.25) is 5.02 Å². The highest BCUT2D eigenvalue weighted by molar-refractivity contribution is 7.23. The second-order valence-electron chi connectivity index (χ2n) is 27.5. The van der Waals surface area contributed by atoms with Gasteiger partial charge in [-0.05, 0) is 107 Å². The monoisotopic (exact) mass is 1400 g/mol. The number of hydrogen-bond donors (Lipinski definition) is 4.